The van der Waals surface area contributed by atoms with Gasteiger partial charge in [0.05, 0.1) is 24.2 Å². The van der Waals surface area contributed by atoms with Crippen LogP contribution in [0.4, 0.5) is 5.82 Å². The summed E-state index contributed by atoms with van der Waals surface area (Å²) in [6.07, 6.45) is 0.855. The van der Waals surface area contributed by atoms with Gasteiger partial charge in [-0.25, -0.2) is 9.97 Å². The zero-order chi connectivity index (χ0) is 12.5. The number of hydrogen-bond donors (Lipinski definition) is 1. The average molecular weight is 283 g/mol. The summed E-state index contributed by atoms with van der Waals surface area (Å²) in [5.41, 5.74) is 8.13. The molecule has 6 heteroatoms. The van der Waals surface area contributed by atoms with Crippen LogP contribution in [0.5, 0.6) is 0 Å². The summed E-state index contributed by atoms with van der Waals surface area (Å²) in [7, 11) is 0. The largest absolute Gasteiger partial charge is 0.383 e. The van der Waals surface area contributed by atoms with Crippen LogP contribution in [0, 0.1) is 0 Å². The van der Waals surface area contributed by atoms with E-state index < -0.39 is 0 Å². The van der Waals surface area contributed by atoms with Crippen molar-refractivity contribution < 1.29 is 4.74 Å². The van der Waals surface area contributed by atoms with Gasteiger partial charge in [-0.15, -0.1) is 11.8 Å². The molecule has 0 saturated carbocycles. The molecule has 18 heavy (non-hydrogen) atoms. The van der Waals surface area contributed by atoms with Crippen molar-refractivity contribution in [2.24, 2.45) is 0 Å². The van der Waals surface area contributed by atoms with Gasteiger partial charge >= 0.3 is 0 Å². The Balaban J connectivity index is 1.94. The van der Waals surface area contributed by atoms with E-state index in [9.17, 15) is 0 Å². The van der Waals surface area contributed by atoms with Crippen LogP contribution >= 0.6 is 23.5 Å². The fourth-order valence-corrected chi connectivity index (χ4v) is 5.01. The van der Waals surface area contributed by atoms with E-state index in [2.05, 4.69) is 11.9 Å². The molecule has 1 saturated heterocycles. The van der Waals surface area contributed by atoms with Gasteiger partial charge in [-0.3, -0.25) is 0 Å². The van der Waals surface area contributed by atoms with Crippen molar-refractivity contribution in [3.63, 3.8) is 0 Å². The molecular weight excluding hydrogens is 266 g/mol. The van der Waals surface area contributed by atoms with Crippen LogP contribution in [0.3, 0.4) is 0 Å². The van der Waals surface area contributed by atoms with E-state index in [0.717, 1.165) is 30.1 Å². The van der Waals surface area contributed by atoms with E-state index >= 15 is 0 Å². The van der Waals surface area contributed by atoms with Crippen LogP contribution in [-0.2, 0) is 17.8 Å². The molecule has 1 aromatic rings. The molecule has 2 N–H and O–H groups in total. The lowest BCUT2D eigenvalue weighted by Crippen LogP contribution is -2.22. The van der Waals surface area contributed by atoms with Crippen LogP contribution in [0.1, 0.15) is 29.3 Å². The number of rotatable bonds is 1. The van der Waals surface area contributed by atoms with Crippen molar-refractivity contribution in [1.82, 2.24) is 9.97 Å². The Morgan fingerprint density at radius 2 is 2.11 bits per heavy atom. The van der Waals surface area contributed by atoms with E-state index in [1.807, 2.05) is 23.5 Å². The van der Waals surface area contributed by atoms with Crippen LogP contribution in [0.2, 0.25) is 0 Å². The highest BCUT2D eigenvalue weighted by molar-refractivity contribution is 8.06. The summed E-state index contributed by atoms with van der Waals surface area (Å²) in [4.78, 5) is 9.26. The molecule has 0 aromatic carbocycles. The van der Waals surface area contributed by atoms with Crippen LogP contribution in [0.15, 0.2) is 0 Å². The number of nitrogen functional groups attached to an aromatic ring is 1. The fraction of sp³-hybridized carbons (Fsp3) is 0.667. The van der Waals surface area contributed by atoms with Crippen LogP contribution in [0.25, 0.3) is 0 Å². The normalized spacial score (nSPS) is 27.8. The van der Waals surface area contributed by atoms with Crippen molar-refractivity contribution >= 4 is 29.3 Å². The predicted molar refractivity (Wildman–Crippen MR) is 76.9 cm³/mol. The number of nitrogens with two attached hydrogens (primary N) is 1. The first-order chi connectivity index (χ1) is 8.75. The topological polar surface area (TPSA) is 61.0 Å². The Bertz CT molecular complexity index is 455. The number of thioether (sulfide) groups is 2. The Labute approximate surface area is 115 Å². The molecule has 98 valence electrons. The van der Waals surface area contributed by atoms with Gasteiger partial charge in [0.15, 0.2) is 0 Å². The monoisotopic (exact) mass is 283 g/mol. The van der Waals surface area contributed by atoms with Gasteiger partial charge in [-0.1, -0.05) is 6.92 Å². The summed E-state index contributed by atoms with van der Waals surface area (Å²) in [6, 6.07) is 0. The highest BCUT2D eigenvalue weighted by atomic mass is 32.2. The van der Waals surface area contributed by atoms with Gasteiger partial charge in [0.25, 0.3) is 0 Å². The number of ether oxygens (including phenoxy) is 1. The molecule has 2 aliphatic rings. The molecule has 2 atom stereocenters. The van der Waals surface area contributed by atoms with Gasteiger partial charge in [0.2, 0.25) is 0 Å². The molecule has 0 spiro atoms. The lowest BCUT2D eigenvalue weighted by Gasteiger charge is -2.28. The number of anilines is 1. The van der Waals surface area contributed by atoms with Crippen molar-refractivity contribution in [1.29, 1.82) is 0 Å². The van der Waals surface area contributed by atoms with Gasteiger partial charge in [-0.2, -0.15) is 11.8 Å². The minimum atomic E-state index is 0.374. The molecule has 4 nitrogen and oxygen atoms in total. The SMILES string of the molecule is CC1SCCSC1c1nc(N)c2c(n1)CCOC2. The second-order valence-corrected chi connectivity index (χ2v) is 7.30. The third-order valence-corrected chi connectivity index (χ3v) is 6.40. The number of fused-ring (bicyclic) bond motifs is 1. The number of hydrogen-bond acceptors (Lipinski definition) is 6. The third kappa shape index (κ3) is 2.33. The fourth-order valence-electron chi connectivity index (χ4n) is 2.32. The van der Waals surface area contributed by atoms with Crippen molar-refractivity contribution in [3.8, 4) is 0 Å². The van der Waals surface area contributed by atoms with E-state index in [4.69, 9.17) is 15.5 Å². The predicted octanol–water partition coefficient (Wildman–Crippen LogP) is 2.04. The highest BCUT2D eigenvalue weighted by Crippen LogP contribution is 2.41. The number of nitrogens with zero attached hydrogens (tertiary/aromatic N) is 2. The molecule has 3 heterocycles. The maximum Gasteiger partial charge on any atom is 0.145 e. The minimum absolute atomic E-state index is 0.374. The van der Waals surface area contributed by atoms with E-state index in [1.165, 1.54) is 11.5 Å². The maximum atomic E-state index is 6.05. The van der Waals surface area contributed by atoms with Gasteiger partial charge in [0, 0.05) is 28.7 Å². The van der Waals surface area contributed by atoms with Gasteiger partial charge in [0.1, 0.15) is 11.6 Å². The third-order valence-electron chi connectivity index (χ3n) is 3.31. The molecule has 2 aliphatic heterocycles. The molecule has 0 bridgehead atoms. The van der Waals surface area contributed by atoms with Crippen molar-refractivity contribution in [2.75, 3.05) is 23.8 Å². The van der Waals surface area contributed by atoms with Gasteiger partial charge in [-0.05, 0) is 0 Å². The maximum absolute atomic E-state index is 6.05. The molecule has 0 aliphatic carbocycles. The van der Waals surface area contributed by atoms with Crippen LogP contribution < -0.4 is 5.73 Å². The Morgan fingerprint density at radius 1 is 1.28 bits per heavy atom. The summed E-state index contributed by atoms with van der Waals surface area (Å²) < 4.78 is 5.41. The summed E-state index contributed by atoms with van der Waals surface area (Å²) in [5, 5.41) is 0.931. The molecule has 3 rings (SSSR count). The summed E-state index contributed by atoms with van der Waals surface area (Å²) in [6.45, 7) is 3.55. The Kier molecular flexibility index (Phi) is 3.68. The summed E-state index contributed by atoms with van der Waals surface area (Å²) in [5.74, 6) is 3.91. The first-order valence-corrected chi connectivity index (χ1v) is 8.31. The smallest absolute Gasteiger partial charge is 0.145 e. The average Bonchev–Trinajstić information content (AvgIpc) is 2.39. The first-order valence-electron chi connectivity index (χ1n) is 6.22. The second kappa shape index (κ2) is 5.27. The zero-order valence-electron chi connectivity index (χ0n) is 10.4. The Morgan fingerprint density at radius 3 is 2.94 bits per heavy atom. The van der Waals surface area contributed by atoms with E-state index in [-0.39, 0.29) is 0 Å². The molecule has 1 aromatic heterocycles. The molecule has 2 unspecified atom stereocenters. The Hall–Kier alpha value is -0.460. The molecule has 0 amide bonds. The lowest BCUT2D eigenvalue weighted by atomic mass is 10.1. The zero-order valence-corrected chi connectivity index (χ0v) is 12.0. The first kappa shape index (κ1) is 12.6. The standard InChI is InChI=1S/C12H17N3OS2/c1-7-10(18-5-4-17-7)12-14-9-2-3-16-6-8(9)11(13)15-12/h7,10H,2-6H2,1H3,(H2,13,14,15). The van der Waals surface area contributed by atoms with Gasteiger partial charge < -0.3 is 10.5 Å². The van der Waals surface area contributed by atoms with Crippen molar-refractivity contribution in [2.45, 2.75) is 30.5 Å². The highest BCUT2D eigenvalue weighted by Gasteiger charge is 2.28. The lowest BCUT2D eigenvalue weighted by molar-refractivity contribution is 0.109. The van der Waals surface area contributed by atoms with Crippen LogP contribution in [-0.4, -0.2) is 33.3 Å². The van der Waals surface area contributed by atoms with Crippen molar-refractivity contribution in [3.05, 3.63) is 17.1 Å². The molecule has 0 radical (unpaired) electrons. The minimum Gasteiger partial charge on any atom is -0.383 e. The second-order valence-electron chi connectivity index (χ2n) is 4.56. The van der Waals surface area contributed by atoms with E-state index in [0.29, 0.717) is 22.9 Å². The molecular formula is C12H17N3OS2. The summed E-state index contributed by atoms with van der Waals surface area (Å²) >= 11 is 3.95. The quantitative estimate of drug-likeness (QED) is 0.851. The van der Waals surface area contributed by atoms with E-state index in [1.54, 1.807) is 0 Å². The number of aromatic nitrogens is 2. The molecule has 1 fully saturated rings.